The van der Waals surface area contributed by atoms with Crippen molar-refractivity contribution in [2.45, 2.75) is 30.9 Å². The molecule has 4 rings (SSSR count). The second-order valence-electron chi connectivity index (χ2n) is 7.40. The number of rotatable bonds is 3. The minimum Gasteiger partial charge on any atom is -0.363 e. The molecule has 2 heterocycles. The lowest BCUT2D eigenvalue weighted by molar-refractivity contribution is -0.173. The van der Waals surface area contributed by atoms with Gasteiger partial charge in [0.1, 0.15) is 5.82 Å². The number of halogens is 7. The number of aromatic nitrogens is 2. The average molecular weight is 533 g/mol. The molecule has 0 radical (unpaired) electrons. The number of hydrogen-bond donors (Lipinski definition) is 2. The number of alkyl halides is 6. The zero-order chi connectivity index (χ0) is 24.0. The first-order valence-electron chi connectivity index (χ1n) is 9.59. The maximum atomic E-state index is 13.8. The molecule has 3 aromatic rings. The molecular weight excluding hydrogens is 518 g/mol. The SMILES string of the molecule is O=C(Nc1ccccc1C(F)(F)F)c1cc2n(n1)C(C(F)(F)F)CC(c1ccc(Br)cc1)N2. The zero-order valence-electron chi connectivity index (χ0n) is 16.5. The van der Waals surface area contributed by atoms with Gasteiger partial charge in [0.2, 0.25) is 0 Å². The molecule has 2 unspecified atom stereocenters. The van der Waals surface area contributed by atoms with E-state index in [2.05, 4.69) is 31.7 Å². The van der Waals surface area contributed by atoms with Crippen molar-refractivity contribution in [1.29, 1.82) is 0 Å². The van der Waals surface area contributed by atoms with Crippen molar-refractivity contribution in [2.24, 2.45) is 0 Å². The number of carbonyl (C=O) groups is 1. The third-order valence-corrected chi connectivity index (χ3v) is 5.70. The third-order valence-electron chi connectivity index (χ3n) is 5.18. The normalized spacial score (nSPS) is 18.4. The lowest BCUT2D eigenvalue weighted by Crippen LogP contribution is -2.35. The van der Waals surface area contributed by atoms with Gasteiger partial charge in [0.25, 0.3) is 5.91 Å². The highest BCUT2D eigenvalue weighted by atomic mass is 79.9. The first kappa shape index (κ1) is 23.1. The third kappa shape index (κ3) is 4.85. The van der Waals surface area contributed by atoms with Crippen LogP contribution in [-0.4, -0.2) is 21.9 Å². The fourth-order valence-corrected chi connectivity index (χ4v) is 3.89. The van der Waals surface area contributed by atoms with Crippen LogP contribution >= 0.6 is 15.9 Å². The second kappa shape index (κ2) is 8.40. The summed E-state index contributed by atoms with van der Waals surface area (Å²) < 4.78 is 82.4. The topological polar surface area (TPSA) is 59.0 Å². The summed E-state index contributed by atoms with van der Waals surface area (Å²) in [5.74, 6) is -1.12. The Balaban J connectivity index is 1.65. The average Bonchev–Trinajstić information content (AvgIpc) is 3.17. The Morgan fingerprint density at radius 1 is 1.06 bits per heavy atom. The van der Waals surface area contributed by atoms with Gasteiger partial charge in [-0.05, 0) is 29.8 Å². The van der Waals surface area contributed by atoms with Crippen molar-refractivity contribution in [2.75, 3.05) is 10.6 Å². The standard InChI is InChI=1S/C21H15BrF6N4O/c22-12-7-5-11(6-8-12)15-9-17(21(26,27)28)32-18(29-15)10-16(31-32)19(33)30-14-4-2-1-3-13(14)20(23,24)25/h1-8,10,15,17,29H,9H2,(H,30,33). The van der Waals surface area contributed by atoms with Gasteiger partial charge in [-0.3, -0.25) is 4.79 Å². The Kier molecular flexibility index (Phi) is 5.89. The van der Waals surface area contributed by atoms with Crippen LogP contribution in [0.4, 0.5) is 37.8 Å². The molecule has 33 heavy (non-hydrogen) atoms. The Bertz CT molecular complexity index is 1170. The molecule has 12 heteroatoms. The molecule has 1 aliphatic rings. The van der Waals surface area contributed by atoms with Gasteiger partial charge >= 0.3 is 12.4 Å². The van der Waals surface area contributed by atoms with Crippen LogP contribution in [0, 0.1) is 0 Å². The Morgan fingerprint density at radius 3 is 2.36 bits per heavy atom. The molecule has 0 fully saturated rings. The van der Waals surface area contributed by atoms with E-state index < -0.39 is 47.3 Å². The highest BCUT2D eigenvalue weighted by Gasteiger charge is 2.47. The van der Waals surface area contributed by atoms with Crippen LogP contribution in [0.25, 0.3) is 0 Å². The number of nitrogens with zero attached hydrogens (tertiary/aromatic N) is 2. The number of nitrogens with one attached hydrogen (secondary N) is 2. The highest BCUT2D eigenvalue weighted by molar-refractivity contribution is 9.10. The lowest BCUT2D eigenvalue weighted by atomic mass is 9.97. The number of benzene rings is 2. The molecule has 2 N–H and O–H groups in total. The predicted molar refractivity (Wildman–Crippen MR) is 112 cm³/mol. The summed E-state index contributed by atoms with van der Waals surface area (Å²) in [6, 6.07) is 9.39. The maximum absolute atomic E-state index is 13.8. The summed E-state index contributed by atoms with van der Waals surface area (Å²) in [6.45, 7) is 0. The molecule has 1 aromatic heterocycles. The molecular formula is C21H15BrF6N4O. The fraction of sp³-hybridized carbons (Fsp3) is 0.238. The Hall–Kier alpha value is -3.02. The molecule has 1 aliphatic heterocycles. The van der Waals surface area contributed by atoms with E-state index in [1.165, 1.54) is 6.07 Å². The summed E-state index contributed by atoms with van der Waals surface area (Å²) in [5.41, 5.74) is -1.44. The molecule has 2 atom stereocenters. The minimum atomic E-state index is -4.72. The van der Waals surface area contributed by atoms with Crippen LogP contribution in [0.1, 0.15) is 40.1 Å². The van der Waals surface area contributed by atoms with E-state index in [1.807, 2.05) is 0 Å². The van der Waals surface area contributed by atoms with E-state index in [9.17, 15) is 31.1 Å². The minimum absolute atomic E-state index is 0.0641. The van der Waals surface area contributed by atoms with Crippen molar-refractivity contribution in [3.63, 3.8) is 0 Å². The molecule has 0 saturated heterocycles. The monoisotopic (exact) mass is 532 g/mol. The first-order valence-corrected chi connectivity index (χ1v) is 10.4. The maximum Gasteiger partial charge on any atom is 0.418 e. The van der Waals surface area contributed by atoms with E-state index in [0.29, 0.717) is 10.2 Å². The predicted octanol–water partition coefficient (Wildman–Crippen LogP) is 6.58. The van der Waals surface area contributed by atoms with Crippen molar-refractivity contribution in [3.05, 3.63) is 75.9 Å². The summed E-state index contributed by atoms with van der Waals surface area (Å²) in [6.07, 6.45) is -9.76. The van der Waals surface area contributed by atoms with Gasteiger partial charge in [0.05, 0.1) is 17.3 Å². The van der Waals surface area contributed by atoms with E-state index in [-0.39, 0.29) is 12.2 Å². The molecule has 2 aromatic carbocycles. The number of amides is 1. The summed E-state index contributed by atoms with van der Waals surface area (Å²) in [4.78, 5) is 12.6. The van der Waals surface area contributed by atoms with Gasteiger partial charge in [-0.2, -0.15) is 31.4 Å². The molecule has 1 amide bonds. The Labute approximate surface area is 191 Å². The quantitative estimate of drug-likeness (QED) is 0.375. The number of carbonyl (C=O) groups excluding carboxylic acids is 1. The molecule has 0 bridgehead atoms. The van der Waals surface area contributed by atoms with Crippen LogP contribution in [0.2, 0.25) is 0 Å². The Morgan fingerprint density at radius 2 is 1.73 bits per heavy atom. The van der Waals surface area contributed by atoms with Crippen molar-refractivity contribution in [1.82, 2.24) is 9.78 Å². The number of anilines is 2. The smallest absolute Gasteiger partial charge is 0.363 e. The van der Waals surface area contributed by atoms with Gasteiger partial charge in [-0.1, -0.05) is 40.2 Å². The van der Waals surface area contributed by atoms with Crippen LogP contribution < -0.4 is 10.6 Å². The van der Waals surface area contributed by atoms with E-state index in [4.69, 9.17) is 0 Å². The summed E-state index contributed by atoms with van der Waals surface area (Å²) in [7, 11) is 0. The molecule has 0 saturated carbocycles. The van der Waals surface area contributed by atoms with Crippen molar-refractivity contribution < 1.29 is 31.1 Å². The number of fused-ring (bicyclic) bond motifs is 1. The number of para-hydroxylation sites is 1. The van der Waals surface area contributed by atoms with E-state index in [0.717, 1.165) is 28.7 Å². The molecule has 174 valence electrons. The van der Waals surface area contributed by atoms with Gasteiger partial charge in [-0.15, -0.1) is 0 Å². The molecule has 0 spiro atoms. The lowest BCUT2D eigenvalue weighted by Gasteiger charge is -2.33. The van der Waals surface area contributed by atoms with E-state index >= 15 is 0 Å². The highest BCUT2D eigenvalue weighted by Crippen LogP contribution is 2.44. The molecule has 5 nitrogen and oxygen atoms in total. The van der Waals surface area contributed by atoms with Crippen LogP contribution in [0.5, 0.6) is 0 Å². The van der Waals surface area contributed by atoms with Crippen LogP contribution in [-0.2, 0) is 6.18 Å². The van der Waals surface area contributed by atoms with Gasteiger partial charge in [-0.25, -0.2) is 4.68 Å². The van der Waals surface area contributed by atoms with Crippen LogP contribution in [0.15, 0.2) is 59.1 Å². The van der Waals surface area contributed by atoms with Crippen molar-refractivity contribution in [3.8, 4) is 0 Å². The largest absolute Gasteiger partial charge is 0.418 e. The van der Waals surface area contributed by atoms with Crippen molar-refractivity contribution >= 4 is 33.3 Å². The summed E-state index contributed by atoms with van der Waals surface area (Å²) in [5, 5.41) is 8.79. The summed E-state index contributed by atoms with van der Waals surface area (Å²) >= 11 is 3.27. The van der Waals surface area contributed by atoms with Crippen LogP contribution in [0.3, 0.4) is 0 Å². The molecule has 0 aliphatic carbocycles. The van der Waals surface area contributed by atoms with Gasteiger partial charge in [0.15, 0.2) is 11.7 Å². The second-order valence-corrected chi connectivity index (χ2v) is 8.31. The zero-order valence-corrected chi connectivity index (χ0v) is 18.1. The van der Waals surface area contributed by atoms with Gasteiger partial charge < -0.3 is 10.6 Å². The number of hydrogen-bond acceptors (Lipinski definition) is 3. The van der Waals surface area contributed by atoms with Gasteiger partial charge in [0, 0.05) is 17.0 Å². The van der Waals surface area contributed by atoms with E-state index in [1.54, 1.807) is 24.3 Å². The fourth-order valence-electron chi connectivity index (χ4n) is 3.62. The first-order chi connectivity index (χ1) is 15.4.